The van der Waals surface area contributed by atoms with Crippen LogP contribution in [0.15, 0.2) is 18.2 Å². The molecule has 0 atom stereocenters. The van der Waals surface area contributed by atoms with Gasteiger partial charge in [0, 0.05) is 33.6 Å². The lowest BCUT2D eigenvalue weighted by molar-refractivity contribution is -0.146. The van der Waals surface area contributed by atoms with Gasteiger partial charge in [0.25, 0.3) is 0 Å². The van der Waals surface area contributed by atoms with E-state index in [0.717, 1.165) is 16.6 Å². The first-order valence-corrected chi connectivity index (χ1v) is 6.64. The van der Waals surface area contributed by atoms with Crippen molar-refractivity contribution in [3.63, 3.8) is 0 Å². The summed E-state index contributed by atoms with van der Waals surface area (Å²) in [6.07, 6.45) is -0.0529. The topological polar surface area (TPSA) is 70.2 Å². The van der Waals surface area contributed by atoms with Crippen LogP contribution < -0.4 is 0 Å². The second kappa shape index (κ2) is 4.94. The summed E-state index contributed by atoms with van der Waals surface area (Å²) < 4.78 is 0. The molecule has 0 bridgehead atoms. The molecule has 4 nitrogen and oxygen atoms in total. The minimum atomic E-state index is -1.09. The number of carboxylic acids is 1. The predicted molar refractivity (Wildman–Crippen MR) is 78.4 cm³/mol. The first-order chi connectivity index (χ1) is 9.22. The Labute approximate surface area is 121 Å². The van der Waals surface area contributed by atoms with E-state index in [-0.39, 0.29) is 12.2 Å². The monoisotopic (exact) mass is 293 g/mol. The Balaban J connectivity index is 2.47. The summed E-state index contributed by atoms with van der Waals surface area (Å²) in [5, 5.41) is 10.4. The molecule has 0 spiro atoms. The number of nitrogens with one attached hydrogen (secondary N) is 1. The number of hydrogen-bond acceptors (Lipinski definition) is 2. The maximum absolute atomic E-state index is 12.4. The molecule has 20 heavy (non-hydrogen) atoms. The van der Waals surface area contributed by atoms with Gasteiger partial charge in [0.15, 0.2) is 5.78 Å². The summed E-state index contributed by atoms with van der Waals surface area (Å²) >= 11 is 5.97. The van der Waals surface area contributed by atoms with E-state index in [4.69, 9.17) is 16.7 Å². The van der Waals surface area contributed by atoms with Crippen molar-refractivity contribution in [2.75, 3.05) is 0 Å². The number of carbonyl (C=O) groups excluding carboxylic acids is 1. The number of rotatable bonds is 4. The number of ketones is 1. The van der Waals surface area contributed by atoms with Gasteiger partial charge in [0.1, 0.15) is 0 Å². The molecule has 0 aliphatic carbocycles. The van der Waals surface area contributed by atoms with Crippen molar-refractivity contribution in [3.05, 3.63) is 34.5 Å². The zero-order valence-electron chi connectivity index (χ0n) is 11.6. The molecule has 0 saturated carbocycles. The van der Waals surface area contributed by atoms with Gasteiger partial charge in [-0.3, -0.25) is 9.59 Å². The Morgan fingerprint density at radius 3 is 2.60 bits per heavy atom. The minimum absolute atomic E-state index is 0.0529. The molecule has 2 N–H and O–H groups in total. The number of aromatic nitrogens is 1. The van der Waals surface area contributed by atoms with E-state index >= 15 is 0 Å². The van der Waals surface area contributed by atoms with Crippen LogP contribution in [0.1, 0.15) is 36.3 Å². The normalized spacial score (nSPS) is 11.8. The number of benzene rings is 1. The predicted octanol–water partition coefficient (Wildman–Crippen LogP) is 3.81. The molecule has 5 heteroatoms. The second-order valence-corrected chi connectivity index (χ2v) is 6.04. The molecule has 0 radical (unpaired) electrons. The van der Waals surface area contributed by atoms with Crippen LogP contribution in [0.5, 0.6) is 0 Å². The maximum atomic E-state index is 12.4. The Morgan fingerprint density at radius 1 is 1.35 bits per heavy atom. The average Bonchev–Trinajstić information content (AvgIpc) is 2.63. The van der Waals surface area contributed by atoms with Crippen molar-refractivity contribution >= 4 is 34.3 Å². The highest BCUT2D eigenvalue weighted by atomic mass is 35.5. The number of halogens is 1. The molecule has 2 rings (SSSR count). The molecule has 0 amide bonds. The maximum Gasteiger partial charge on any atom is 0.309 e. The standard InChI is InChI=1S/C15H16ClNO3/c1-8-13(12(18)7-15(2,3)14(19)20)10-6-9(16)4-5-11(10)17-8/h4-6,17H,7H2,1-3H3,(H,19,20). The molecule has 1 aromatic carbocycles. The summed E-state index contributed by atoms with van der Waals surface area (Å²) in [5.74, 6) is -1.18. The average molecular weight is 294 g/mol. The second-order valence-electron chi connectivity index (χ2n) is 5.60. The van der Waals surface area contributed by atoms with Gasteiger partial charge < -0.3 is 10.1 Å². The number of aliphatic carboxylic acids is 1. The molecule has 0 fully saturated rings. The fourth-order valence-corrected chi connectivity index (χ4v) is 2.40. The van der Waals surface area contributed by atoms with E-state index in [1.54, 1.807) is 32.9 Å². The quantitative estimate of drug-likeness (QED) is 0.842. The Morgan fingerprint density at radius 2 is 2.00 bits per heavy atom. The van der Waals surface area contributed by atoms with Gasteiger partial charge >= 0.3 is 5.97 Å². The van der Waals surface area contributed by atoms with Crippen molar-refractivity contribution < 1.29 is 14.7 Å². The molecule has 106 valence electrons. The molecule has 2 aromatic rings. The fourth-order valence-electron chi connectivity index (χ4n) is 2.22. The van der Waals surface area contributed by atoms with Crippen LogP contribution >= 0.6 is 11.6 Å². The highest BCUT2D eigenvalue weighted by Crippen LogP contribution is 2.30. The van der Waals surface area contributed by atoms with Crippen LogP contribution in [0, 0.1) is 12.3 Å². The Kier molecular flexibility index (Phi) is 3.61. The first kappa shape index (κ1) is 14.6. The van der Waals surface area contributed by atoms with Crippen LogP contribution in [-0.2, 0) is 4.79 Å². The van der Waals surface area contributed by atoms with Crippen LogP contribution in [-0.4, -0.2) is 21.8 Å². The summed E-state index contributed by atoms with van der Waals surface area (Å²) in [4.78, 5) is 26.7. The third-order valence-electron chi connectivity index (χ3n) is 3.41. The largest absolute Gasteiger partial charge is 0.481 e. The Hall–Kier alpha value is -1.81. The van der Waals surface area contributed by atoms with E-state index in [1.165, 1.54) is 0 Å². The molecule has 1 aromatic heterocycles. The summed E-state index contributed by atoms with van der Waals surface area (Å²) in [6.45, 7) is 4.89. The fraction of sp³-hybridized carbons (Fsp3) is 0.333. The van der Waals surface area contributed by atoms with Gasteiger partial charge in [-0.05, 0) is 39.0 Å². The lowest BCUT2D eigenvalue weighted by Crippen LogP contribution is -2.27. The number of fused-ring (bicyclic) bond motifs is 1. The number of carboxylic acid groups (broad SMARTS) is 1. The van der Waals surface area contributed by atoms with Crippen molar-refractivity contribution in [2.45, 2.75) is 27.2 Å². The molecule has 0 unspecified atom stereocenters. The Bertz CT molecular complexity index is 700. The highest BCUT2D eigenvalue weighted by molar-refractivity contribution is 6.31. The van der Waals surface area contributed by atoms with E-state index in [2.05, 4.69) is 4.98 Å². The van der Waals surface area contributed by atoms with Crippen LogP contribution in [0.4, 0.5) is 0 Å². The van der Waals surface area contributed by atoms with Crippen molar-refractivity contribution in [2.24, 2.45) is 5.41 Å². The van der Waals surface area contributed by atoms with Crippen molar-refractivity contribution in [1.82, 2.24) is 4.98 Å². The number of aromatic amines is 1. The molecule has 1 heterocycles. The van der Waals surface area contributed by atoms with Gasteiger partial charge in [-0.25, -0.2) is 0 Å². The van der Waals surface area contributed by atoms with Crippen LogP contribution in [0.2, 0.25) is 5.02 Å². The molecule has 0 aliphatic rings. The molecule has 0 saturated heterocycles. The zero-order valence-corrected chi connectivity index (χ0v) is 12.3. The van der Waals surface area contributed by atoms with Gasteiger partial charge in [-0.1, -0.05) is 11.6 Å². The van der Waals surface area contributed by atoms with E-state index in [0.29, 0.717) is 10.6 Å². The van der Waals surface area contributed by atoms with Gasteiger partial charge in [0.05, 0.1) is 5.41 Å². The first-order valence-electron chi connectivity index (χ1n) is 6.27. The zero-order chi connectivity index (χ0) is 15.1. The third-order valence-corrected chi connectivity index (χ3v) is 3.64. The SMILES string of the molecule is Cc1[nH]c2ccc(Cl)cc2c1C(=O)CC(C)(C)C(=O)O. The van der Waals surface area contributed by atoms with E-state index in [9.17, 15) is 9.59 Å². The third kappa shape index (κ3) is 2.56. The van der Waals surface area contributed by atoms with Crippen LogP contribution in [0.3, 0.4) is 0 Å². The van der Waals surface area contributed by atoms with Crippen molar-refractivity contribution in [3.8, 4) is 0 Å². The smallest absolute Gasteiger partial charge is 0.309 e. The lowest BCUT2D eigenvalue weighted by atomic mass is 9.85. The highest BCUT2D eigenvalue weighted by Gasteiger charge is 2.31. The van der Waals surface area contributed by atoms with E-state index < -0.39 is 11.4 Å². The molecule has 0 aliphatic heterocycles. The number of hydrogen-bond donors (Lipinski definition) is 2. The number of aryl methyl sites for hydroxylation is 1. The van der Waals surface area contributed by atoms with Crippen molar-refractivity contribution in [1.29, 1.82) is 0 Å². The summed E-state index contributed by atoms with van der Waals surface area (Å²) in [5.41, 5.74) is 0.986. The number of carbonyl (C=O) groups is 2. The lowest BCUT2D eigenvalue weighted by Gasteiger charge is -2.17. The number of Topliss-reactive ketones (excluding diaryl/α,β-unsaturated/α-hetero) is 1. The molecular formula is C15H16ClNO3. The minimum Gasteiger partial charge on any atom is -0.481 e. The van der Waals surface area contributed by atoms with Gasteiger partial charge in [-0.2, -0.15) is 0 Å². The molecular weight excluding hydrogens is 278 g/mol. The van der Waals surface area contributed by atoms with Crippen LogP contribution in [0.25, 0.3) is 10.9 Å². The number of H-pyrrole nitrogens is 1. The van der Waals surface area contributed by atoms with Gasteiger partial charge in [0.2, 0.25) is 0 Å². The summed E-state index contributed by atoms with van der Waals surface area (Å²) in [7, 11) is 0. The van der Waals surface area contributed by atoms with Gasteiger partial charge in [-0.15, -0.1) is 0 Å². The van der Waals surface area contributed by atoms with E-state index in [1.807, 2.05) is 6.07 Å². The summed E-state index contributed by atoms with van der Waals surface area (Å²) in [6, 6.07) is 5.28.